The van der Waals surface area contributed by atoms with Crippen LogP contribution < -0.4 is 9.80 Å². The van der Waals surface area contributed by atoms with Gasteiger partial charge in [0.25, 0.3) is 11.8 Å². The van der Waals surface area contributed by atoms with E-state index in [1.807, 2.05) is 48.2 Å². The topological polar surface area (TPSA) is 53.1 Å². The Morgan fingerprint density at radius 2 is 1.57 bits per heavy atom. The molecule has 156 valence electrons. The van der Waals surface area contributed by atoms with Crippen LogP contribution in [0.1, 0.15) is 5.56 Å². The molecule has 0 aliphatic carbocycles. The molecule has 0 aromatic heterocycles. The molecule has 1 saturated heterocycles. The SMILES string of the molecule is CN(C)c1ccc(C2=C(N3CCOCC3)C(=O)N(c3ccc(Cl)c(Cl)c3)C2=O)cc1. The molecular weight excluding hydrogens is 425 g/mol. The summed E-state index contributed by atoms with van der Waals surface area (Å²) in [6.45, 7) is 2.10. The molecule has 4 rings (SSSR count). The summed E-state index contributed by atoms with van der Waals surface area (Å²) in [6, 6.07) is 12.3. The Labute approximate surface area is 185 Å². The highest BCUT2D eigenvalue weighted by Gasteiger charge is 2.42. The molecule has 6 nitrogen and oxygen atoms in total. The molecule has 1 fully saturated rings. The normalized spacial score (nSPS) is 17.2. The van der Waals surface area contributed by atoms with Crippen LogP contribution in [0, 0.1) is 0 Å². The number of hydrogen-bond acceptors (Lipinski definition) is 5. The Morgan fingerprint density at radius 1 is 0.900 bits per heavy atom. The van der Waals surface area contributed by atoms with Gasteiger partial charge in [-0.1, -0.05) is 35.3 Å². The maximum atomic E-state index is 13.5. The molecule has 2 heterocycles. The van der Waals surface area contributed by atoms with Crippen LogP contribution in [0.15, 0.2) is 48.2 Å². The van der Waals surface area contributed by atoms with Gasteiger partial charge in [0.2, 0.25) is 0 Å². The summed E-state index contributed by atoms with van der Waals surface area (Å²) in [5, 5.41) is 0.645. The van der Waals surface area contributed by atoms with Gasteiger partial charge in [-0.25, -0.2) is 4.90 Å². The molecule has 0 atom stereocenters. The number of morpholine rings is 1. The minimum Gasteiger partial charge on any atom is -0.378 e. The Kier molecular flexibility index (Phi) is 5.73. The van der Waals surface area contributed by atoms with E-state index in [1.165, 1.54) is 11.0 Å². The van der Waals surface area contributed by atoms with Gasteiger partial charge in [0.1, 0.15) is 5.70 Å². The van der Waals surface area contributed by atoms with Gasteiger partial charge in [-0.3, -0.25) is 9.59 Å². The molecule has 2 amide bonds. The minimum atomic E-state index is -0.377. The molecule has 0 saturated carbocycles. The standard InChI is InChI=1S/C22H21Cl2N3O3/c1-25(2)15-5-3-14(4-6-15)19-20(26-9-11-30-12-10-26)22(29)27(21(19)28)16-7-8-17(23)18(24)13-16/h3-8,13H,9-12H2,1-2H3. The molecular formula is C22H21Cl2N3O3. The van der Waals surface area contributed by atoms with Crippen molar-refractivity contribution < 1.29 is 14.3 Å². The largest absolute Gasteiger partial charge is 0.378 e. The fourth-order valence-corrected chi connectivity index (χ4v) is 3.94. The lowest BCUT2D eigenvalue weighted by atomic mass is 10.0. The Morgan fingerprint density at radius 3 is 2.17 bits per heavy atom. The van der Waals surface area contributed by atoms with Crippen molar-refractivity contribution >= 4 is 52.0 Å². The predicted octanol–water partition coefficient (Wildman–Crippen LogP) is 3.68. The van der Waals surface area contributed by atoms with Gasteiger partial charge < -0.3 is 14.5 Å². The fraction of sp³-hybridized carbons (Fsp3) is 0.273. The molecule has 0 N–H and O–H groups in total. The van der Waals surface area contributed by atoms with Crippen LogP contribution in [0.2, 0.25) is 10.0 Å². The molecule has 0 spiro atoms. The molecule has 2 aliphatic rings. The molecule has 8 heteroatoms. The Bertz CT molecular complexity index is 1030. The molecule has 30 heavy (non-hydrogen) atoms. The summed E-state index contributed by atoms with van der Waals surface area (Å²) in [7, 11) is 3.90. The number of carbonyl (C=O) groups excluding carboxylic acids is 2. The first-order chi connectivity index (χ1) is 14.4. The Hall–Kier alpha value is -2.54. The number of nitrogens with zero attached hydrogens (tertiary/aromatic N) is 3. The summed E-state index contributed by atoms with van der Waals surface area (Å²) in [4.78, 5) is 32.0. The molecule has 0 radical (unpaired) electrons. The molecule has 2 aromatic carbocycles. The van der Waals surface area contributed by atoms with Crippen LogP contribution in [0.25, 0.3) is 5.57 Å². The first kappa shape index (κ1) is 20.7. The van der Waals surface area contributed by atoms with Crippen LogP contribution in [-0.4, -0.2) is 57.1 Å². The molecule has 0 bridgehead atoms. The van der Waals surface area contributed by atoms with Crippen molar-refractivity contribution in [2.24, 2.45) is 0 Å². The second-order valence-electron chi connectivity index (χ2n) is 7.31. The van der Waals surface area contributed by atoms with Crippen molar-refractivity contribution in [1.29, 1.82) is 0 Å². The summed E-state index contributed by atoms with van der Waals surface area (Å²) in [5.41, 5.74) is 2.88. The van der Waals surface area contributed by atoms with Gasteiger partial charge in [0, 0.05) is 32.9 Å². The number of imide groups is 1. The van der Waals surface area contributed by atoms with Crippen LogP contribution in [0.5, 0.6) is 0 Å². The first-order valence-corrected chi connectivity index (χ1v) is 10.3. The van der Waals surface area contributed by atoms with Crippen LogP contribution in [-0.2, 0) is 14.3 Å². The Balaban J connectivity index is 1.81. The lowest BCUT2D eigenvalue weighted by Gasteiger charge is -2.29. The highest BCUT2D eigenvalue weighted by molar-refractivity contribution is 6.46. The third kappa shape index (κ3) is 3.67. The average Bonchev–Trinajstić information content (AvgIpc) is 3.01. The van der Waals surface area contributed by atoms with Crippen molar-refractivity contribution in [3.05, 3.63) is 63.8 Å². The lowest BCUT2D eigenvalue weighted by Crippen LogP contribution is -2.40. The number of benzene rings is 2. The number of amides is 2. The van der Waals surface area contributed by atoms with Gasteiger partial charge in [0.05, 0.1) is 34.5 Å². The predicted molar refractivity (Wildman–Crippen MR) is 119 cm³/mol. The molecule has 0 unspecified atom stereocenters. The van der Waals surface area contributed by atoms with E-state index in [2.05, 4.69) is 0 Å². The van der Waals surface area contributed by atoms with Gasteiger partial charge in [-0.05, 0) is 35.9 Å². The summed E-state index contributed by atoms with van der Waals surface area (Å²) in [5.74, 6) is -0.746. The van der Waals surface area contributed by atoms with Gasteiger partial charge in [0.15, 0.2) is 0 Å². The molecule has 2 aromatic rings. The highest BCUT2D eigenvalue weighted by Crippen LogP contribution is 2.37. The van der Waals surface area contributed by atoms with Gasteiger partial charge in [-0.2, -0.15) is 0 Å². The zero-order valence-corrected chi connectivity index (χ0v) is 18.2. The molecule has 2 aliphatic heterocycles. The van der Waals surface area contributed by atoms with E-state index in [9.17, 15) is 9.59 Å². The van der Waals surface area contributed by atoms with E-state index < -0.39 is 0 Å². The third-order valence-corrected chi connectivity index (χ3v) is 5.96. The monoisotopic (exact) mass is 445 g/mol. The van der Waals surface area contributed by atoms with Crippen molar-refractivity contribution in [2.45, 2.75) is 0 Å². The van der Waals surface area contributed by atoms with E-state index in [0.29, 0.717) is 53.8 Å². The summed E-state index contributed by atoms with van der Waals surface area (Å²) >= 11 is 12.2. The van der Waals surface area contributed by atoms with Crippen molar-refractivity contribution in [2.75, 3.05) is 50.2 Å². The number of hydrogen-bond donors (Lipinski definition) is 0. The van der Waals surface area contributed by atoms with Crippen LogP contribution in [0.4, 0.5) is 11.4 Å². The van der Waals surface area contributed by atoms with E-state index in [1.54, 1.807) is 12.1 Å². The first-order valence-electron chi connectivity index (χ1n) is 9.57. The van der Waals surface area contributed by atoms with E-state index in [4.69, 9.17) is 27.9 Å². The number of anilines is 2. The zero-order valence-electron chi connectivity index (χ0n) is 16.7. The minimum absolute atomic E-state index is 0.284. The van der Waals surface area contributed by atoms with Crippen LogP contribution >= 0.6 is 23.2 Å². The van der Waals surface area contributed by atoms with Gasteiger partial charge in [-0.15, -0.1) is 0 Å². The quantitative estimate of drug-likeness (QED) is 0.671. The van der Waals surface area contributed by atoms with Crippen molar-refractivity contribution in [1.82, 2.24) is 4.90 Å². The van der Waals surface area contributed by atoms with Crippen LogP contribution in [0.3, 0.4) is 0 Å². The average molecular weight is 446 g/mol. The van der Waals surface area contributed by atoms with E-state index >= 15 is 0 Å². The second kappa shape index (κ2) is 8.30. The van der Waals surface area contributed by atoms with E-state index in [-0.39, 0.29) is 16.8 Å². The number of carbonyl (C=O) groups is 2. The van der Waals surface area contributed by atoms with Crippen molar-refractivity contribution in [3.63, 3.8) is 0 Å². The summed E-state index contributed by atoms with van der Waals surface area (Å²) < 4.78 is 5.43. The van der Waals surface area contributed by atoms with E-state index in [0.717, 1.165) is 5.69 Å². The van der Waals surface area contributed by atoms with Crippen molar-refractivity contribution in [3.8, 4) is 0 Å². The maximum Gasteiger partial charge on any atom is 0.282 e. The number of ether oxygens (including phenoxy) is 1. The van der Waals surface area contributed by atoms with Gasteiger partial charge >= 0.3 is 0 Å². The highest BCUT2D eigenvalue weighted by atomic mass is 35.5. The second-order valence-corrected chi connectivity index (χ2v) is 8.12. The maximum absolute atomic E-state index is 13.5. The third-order valence-electron chi connectivity index (χ3n) is 5.22. The summed E-state index contributed by atoms with van der Waals surface area (Å²) in [6.07, 6.45) is 0. The smallest absolute Gasteiger partial charge is 0.282 e. The number of rotatable bonds is 4. The fourth-order valence-electron chi connectivity index (χ4n) is 3.64. The lowest BCUT2D eigenvalue weighted by molar-refractivity contribution is -0.121. The zero-order chi connectivity index (χ0) is 21.4. The number of halogens is 2.